The summed E-state index contributed by atoms with van der Waals surface area (Å²) in [6, 6.07) is 12.4. The van der Waals surface area contributed by atoms with Gasteiger partial charge in [0.05, 0.1) is 14.2 Å². The van der Waals surface area contributed by atoms with Crippen LogP contribution in [0.2, 0.25) is 0 Å². The zero-order valence-corrected chi connectivity index (χ0v) is 19.3. The second-order valence-electron chi connectivity index (χ2n) is 8.30. The lowest BCUT2D eigenvalue weighted by Crippen LogP contribution is -2.37. The van der Waals surface area contributed by atoms with Crippen LogP contribution in [0.4, 0.5) is 4.39 Å². The number of likely N-dealkylation sites (tertiary alicyclic amines) is 1. The van der Waals surface area contributed by atoms with E-state index in [1.54, 1.807) is 14.2 Å². The van der Waals surface area contributed by atoms with Crippen molar-refractivity contribution in [3.05, 3.63) is 59.4 Å². The van der Waals surface area contributed by atoms with Crippen molar-refractivity contribution < 1.29 is 23.4 Å². The van der Waals surface area contributed by atoms with Crippen LogP contribution in [0.3, 0.4) is 0 Å². The lowest BCUT2D eigenvalue weighted by molar-refractivity contribution is -0.153. The molecule has 0 unspecified atom stereocenters. The summed E-state index contributed by atoms with van der Waals surface area (Å²) in [4.78, 5) is 14.9. The molecule has 1 saturated heterocycles. The molecule has 2 aromatic carbocycles. The average Bonchev–Trinajstić information content (AvgIpc) is 2.82. The van der Waals surface area contributed by atoms with Gasteiger partial charge in [-0.15, -0.1) is 0 Å². The average molecular weight is 444 g/mol. The Morgan fingerprint density at radius 3 is 2.44 bits per heavy atom. The summed E-state index contributed by atoms with van der Waals surface area (Å²) in [5.41, 5.74) is 2.00. The van der Waals surface area contributed by atoms with Gasteiger partial charge in [-0.2, -0.15) is 0 Å². The van der Waals surface area contributed by atoms with Gasteiger partial charge in [0.25, 0.3) is 0 Å². The zero-order valence-electron chi connectivity index (χ0n) is 19.3. The fourth-order valence-corrected chi connectivity index (χ4v) is 4.37. The molecule has 1 heterocycles. The largest absolute Gasteiger partial charge is 0.493 e. The van der Waals surface area contributed by atoms with Crippen LogP contribution in [-0.4, -0.2) is 44.7 Å². The number of esters is 1. The molecule has 0 spiro atoms. The van der Waals surface area contributed by atoms with Gasteiger partial charge in [0.1, 0.15) is 11.9 Å². The molecule has 0 radical (unpaired) electrons. The molecule has 0 saturated carbocycles. The Labute approximate surface area is 190 Å². The van der Waals surface area contributed by atoms with Crippen LogP contribution in [0.15, 0.2) is 42.5 Å². The van der Waals surface area contributed by atoms with E-state index in [1.807, 2.05) is 37.3 Å². The first-order valence-corrected chi connectivity index (χ1v) is 11.4. The minimum atomic E-state index is -0.363. The van der Waals surface area contributed by atoms with Gasteiger partial charge in [-0.3, -0.25) is 4.79 Å². The Morgan fingerprint density at radius 1 is 1.09 bits per heavy atom. The quantitative estimate of drug-likeness (QED) is 0.474. The Hall–Kier alpha value is -2.60. The number of rotatable bonds is 10. The van der Waals surface area contributed by atoms with Gasteiger partial charge < -0.3 is 19.1 Å². The van der Waals surface area contributed by atoms with Crippen LogP contribution in [0, 0.1) is 11.7 Å². The summed E-state index contributed by atoms with van der Waals surface area (Å²) in [5.74, 6) is 1.09. The first-order valence-electron chi connectivity index (χ1n) is 11.4. The van der Waals surface area contributed by atoms with E-state index < -0.39 is 0 Å². The van der Waals surface area contributed by atoms with Gasteiger partial charge in [-0.1, -0.05) is 31.2 Å². The van der Waals surface area contributed by atoms with Gasteiger partial charge in [0.2, 0.25) is 0 Å². The van der Waals surface area contributed by atoms with E-state index in [0.717, 1.165) is 56.4 Å². The lowest BCUT2D eigenvalue weighted by atomic mass is 9.86. The number of carbonyl (C=O) groups excluding carboxylic acids is 1. The molecule has 1 aliphatic rings. The van der Waals surface area contributed by atoms with Gasteiger partial charge in [-0.05, 0) is 62.5 Å². The van der Waals surface area contributed by atoms with E-state index in [0.29, 0.717) is 17.9 Å². The molecule has 0 N–H and O–H groups in total. The second-order valence-corrected chi connectivity index (χ2v) is 8.30. The Kier molecular flexibility index (Phi) is 8.91. The predicted molar refractivity (Wildman–Crippen MR) is 123 cm³/mol. The number of carbonyl (C=O) groups is 1. The fourth-order valence-electron chi connectivity index (χ4n) is 4.37. The molecule has 6 heteroatoms. The molecule has 3 rings (SSSR count). The van der Waals surface area contributed by atoms with Gasteiger partial charge in [0, 0.05) is 24.4 Å². The molecule has 1 atom stereocenters. The van der Waals surface area contributed by atoms with E-state index in [4.69, 9.17) is 14.2 Å². The Balaban J connectivity index is 1.68. The number of benzene rings is 2. The third kappa shape index (κ3) is 6.22. The SMILES string of the molecule is CCCC(=O)O[C@@H](c1cccc(OC)c1OC)C1CCN(CCc2ccc(F)cc2)CC1. The number of hydrogen-bond donors (Lipinski definition) is 0. The molecule has 0 aromatic heterocycles. The highest BCUT2D eigenvalue weighted by atomic mass is 19.1. The van der Waals surface area contributed by atoms with Gasteiger partial charge >= 0.3 is 5.97 Å². The molecule has 1 aliphatic heterocycles. The molecule has 1 fully saturated rings. The lowest BCUT2D eigenvalue weighted by Gasteiger charge is -2.36. The van der Waals surface area contributed by atoms with Crippen LogP contribution in [0.5, 0.6) is 11.5 Å². The molecular weight excluding hydrogens is 409 g/mol. The number of hydrogen-bond acceptors (Lipinski definition) is 5. The highest BCUT2D eigenvalue weighted by Gasteiger charge is 2.33. The monoisotopic (exact) mass is 443 g/mol. The highest BCUT2D eigenvalue weighted by Crippen LogP contribution is 2.42. The predicted octanol–water partition coefficient (Wildman–Crippen LogP) is 5.18. The molecule has 0 aliphatic carbocycles. The summed E-state index contributed by atoms with van der Waals surface area (Å²) in [6.45, 7) is 4.77. The van der Waals surface area contributed by atoms with E-state index in [-0.39, 0.29) is 23.8 Å². The first-order chi connectivity index (χ1) is 15.5. The third-order valence-electron chi connectivity index (χ3n) is 6.14. The van der Waals surface area contributed by atoms with Crippen LogP contribution >= 0.6 is 0 Å². The van der Waals surface area contributed by atoms with Gasteiger partial charge in [0.15, 0.2) is 11.5 Å². The van der Waals surface area contributed by atoms with Crippen LogP contribution in [0.25, 0.3) is 0 Å². The maximum Gasteiger partial charge on any atom is 0.306 e. The van der Waals surface area contributed by atoms with Crippen molar-refractivity contribution in [2.75, 3.05) is 33.9 Å². The zero-order chi connectivity index (χ0) is 22.9. The highest BCUT2D eigenvalue weighted by molar-refractivity contribution is 5.70. The van der Waals surface area contributed by atoms with Crippen molar-refractivity contribution >= 4 is 5.97 Å². The van der Waals surface area contributed by atoms with Crippen molar-refractivity contribution in [2.24, 2.45) is 5.92 Å². The van der Waals surface area contributed by atoms with Crippen molar-refractivity contribution in [3.63, 3.8) is 0 Å². The molecule has 174 valence electrons. The summed E-state index contributed by atoms with van der Waals surface area (Å²) in [5, 5.41) is 0. The Bertz CT molecular complexity index is 863. The third-order valence-corrected chi connectivity index (χ3v) is 6.14. The van der Waals surface area contributed by atoms with Crippen molar-refractivity contribution in [1.82, 2.24) is 4.90 Å². The smallest absolute Gasteiger partial charge is 0.306 e. The molecule has 0 bridgehead atoms. The standard InChI is InChI=1S/C26H34FNO4/c1-4-6-24(29)32-25(22-7-5-8-23(30-2)26(22)31-3)20-14-17-28(18-15-20)16-13-19-9-11-21(27)12-10-19/h5,7-12,20,25H,4,6,13-18H2,1-3H3/t25-/m1/s1. The summed E-state index contributed by atoms with van der Waals surface area (Å²) >= 11 is 0. The number of methoxy groups -OCH3 is 2. The number of piperidine rings is 1. The summed E-state index contributed by atoms with van der Waals surface area (Å²) in [6.07, 6.45) is 3.53. The van der Waals surface area contributed by atoms with Crippen molar-refractivity contribution in [2.45, 2.75) is 45.1 Å². The molecule has 2 aromatic rings. The Morgan fingerprint density at radius 2 is 1.81 bits per heavy atom. The van der Waals surface area contributed by atoms with E-state index in [9.17, 15) is 9.18 Å². The van der Waals surface area contributed by atoms with Gasteiger partial charge in [-0.25, -0.2) is 4.39 Å². The van der Waals surface area contributed by atoms with Crippen LogP contribution in [-0.2, 0) is 16.0 Å². The molecule has 5 nitrogen and oxygen atoms in total. The number of halogens is 1. The van der Waals surface area contributed by atoms with E-state index in [2.05, 4.69) is 4.90 Å². The van der Waals surface area contributed by atoms with Crippen LogP contribution < -0.4 is 9.47 Å². The molecule has 32 heavy (non-hydrogen) atoms. The summed E-state index contributed by atoms with van der Waals surface area (Å²) in [7, 11) is 3.23. The number of para-hydroxylation sites is 1. The fraction of sp³-hybridized carbons (Fsp3) is 0.500. The molecule has 0 amide bonds. The van der Waals surface area contributed by atoms with E-state index in [1.165, 1.54) is 12.1 Å². The number of ether oxygens (including phenoxy) is 3. The maximum absolute atomic E-state index is 13.1. The molecular formula is C26H34FNO4. The van der Waals surface area contributed by atoms with E-state index >= 15 is 0 Å². The first kappa shape index (κ1) is 24.1. The maximum atomic E-state index is 13.1. The minimum Gasteiger partial charge on any atom is -0.493 e. The second kappa shape index (κ2) is 11.9. The number of nitrogens with zero attached hydrogens (tertiary/aromatic N) is 1. The van der Waals surface area contributed by atoms with Crippen molar-refractivity contribution in [1.29, 1.82) is 0 Å². The topological polar surface area (TPSA) is 48.0 Å². The minimum absolute atomic E-state index is 0.180. The van der Waals surface area contributed by atoms with Crippen LogP contribution in [0.1, 0.15) is 49.8 Å². The van der Waals surface area contributed by atoms with Crippen molar-refractivity contribution in [3.8, 4) is 11.5 Å². The normalized spacial score (nSPS) is 15.9. The summed E-state index contributed by atoms with van der Waals surface area (Å²) < 4.78 is 30.2.